The van der Waals surface area contributed by atoms with E-state index in [1.807, 2.05) is 4.90 Å². The van der Waals surface area contributed by atoms with Gasteiger partial charge in [0.2, 0.25) is 12.0 Å². The van der Waals surface area contributed by atoms with E-state index < -0.39 is 21.9 Å². The van der Waals surface area contributed by atoms with Gasteiger partial charge in [-0.2, -0.15) is 27.3 Å². The van der Waals surface area contributed by atoms with Crippen molar-refractivity contribution >= 4 is 34.0 Å². The first-order chi connectivity index (χ1) is 15.7. The van der Waals surface area contributed by atoms with Gasteiger partial charge in [0, 0.05) is 33.4 Å². The van der Waals surface area contributed by atoms with Crippen LogP contribution in [-0.2, 0) is 10.2 Å². The standard InChI is InChI=1S/C21H22F2N6O3S/c1-24-29(33(31,32)26(2)3)21(30)16-13-25-28-11-9-18(19(23)20(16)28)27-10-5-8-17(27)14-6-4-7-15(22)12-14/h4,6-7,9,11-13,17H,1,5,8,10H2,2-3H3/p+1/t17-/m1/s1. The van der Waals surface area contributed by atoms with Crippen LogP contribution >= 0.6 is 0 Å². The molecule has 9 nitrogen and oxygen atoms in total. The second-order valence-corrected chi connectivity index (χ2v) is 9.78. The number of hydrogen-bond acceptors (Lipinski definition) is 5. The van der Waals surface area contributed by atoms with Crippen LogP contribution in [0.15, 0.2) is 47.8 Å². The second-order valence-electron chi connectivity index (χ2n) is 7.81. The Morgan fingerprint density at radius 2 is 2.06 bits per heavy atom. The lowest BCUT2D eigenvalue weighted by Gasteiger charge is -2.27. The van der Waals surface area contributed by atoms with Gasteiger partial charge in [-0.15, -0.1) is 4.41 Å². The lowest BCUT2D eigenvalue weighted by Crippen LogP contribution is -2.40. The number of nitrogens with one attached hydrogen (secondary N) is 1. The van der Waals surface area contributed by atoms with E-state index in [2.05, 4.69) is 16.9 Å². The molecule has 0 aliphatic carbocycles. The van der Waals surface area contributed by atoms with Crippen molar-refractivity contribution in [2.24, 2.45) is 5.10 Å². The zero-order chi connectivity index (χ0) is 23.9. The van der Waals surface area contributed by atoms with Crippen LogP contribution in [0.5, 0.6) is 0 Å². The number of H-pyrrole nitrogens is 1. The molecule has 4 rings (SSSR count). The molecule has 0 saturated carbocycles. The number of hydrogen-bond donors (Lipinski definition) is 1. The van der Waals surface area contributed by atoms with Gasteiger partial charge in [0.25, 0.3) is 11.4 Å². The summed E-state index contributed by atoms with van der Waals surface area (Å²) in [6.07, 6.45) is 4.24. The fraction of sp³-hybridized carbons (Fsp3) is 0.286. The van der Waals surface area contributed by atoms with Gasteiger partial charge in [-0.25, -0.2) is 4.39 Å². The Bertz CT molecular complexity index is 1340. The minimum absolute atomic E-state index is 0.134. The van der Waals surface area contributed by atoms with Crippen LogP contribution in [0.2, 0.25) is 0 Å². The predicted octanol–water partition coefficient (Wildman–Crippen LogP) is 2.24. The molecular weight excluding hydrogens is 454 g/mol. The molecular formula is C21H23F2N6O3S+. The Morgan fingerprint density at radius 1 is 1.30 bits per heavy atom. The highest BCUT2D eigenvalue weighted by Crippen LogP contribution is 2.38. The monoisotopic (exact) mass is 477 g/mol. The molecule has 0 radical (unpaired) electrons. The molecule has 3 heterocycles. The van der Waals surface area contributed by atoms with E-state index in [0.29, 0.717) is 13.0 Å². The highest BCUT2D eigenvalue weighted by molar-refractivity contribution is 7.87. The third-order valence-corrected chi connectivity index (χ3v) is 7.31. The first kappa shape index (κ1) is 22.8. The van der Waals surface area contributed by atoms with Gasteiger partial charge in [0.05, 0.1) is 17.9 Å². The second kappa shape index (κ2) is 8.52. The van der Waals surface area contributed by atoms with E-state index in [1.165, 1.54) is 43.1 Å². The molecule has 33 heavy (non-hydrogen) atoms. The van der Waals surface area contributed by atoms with E-state index in [4.69, 9.17) is 0 Å². The van der Waals surface area contributed by atoms with Crippen molar-refractivity contribution in [2.75, 3.05) is 25.5 Å². The zero-order valence-corrected chi connectivity index (χ0v) is 18.9. The van der Waals surface area contributed by atoms with Gasteiger partial charge < -0.3 is 4.90 Å². The van der Waals surface area contributed by atoms with Crippen LogP contribution in [0.1, 0.15) is 34.8 Å². The molecule has 174 valence electrons. The first-order valence-electron chi connectivity index (χ1n) is 10.1. The van der Waals surface area contributed by atoms with Crippen molar-refractivity contribution in [3.8, 4) is 0 Å². The van der Waals surface area contributed by atoms with Crippen LogP contribution in [0.3, 0.4) is 0 Å². The van der Waals surface area contributed by atoms with Gasteiger partial charge in [-0.1, -0.05) is 16.6 Å². The number of halogens is 2. The fourth-order valence-electron chi connectivity index (χ4n) is 4.08. The quantitative estimate of drug-likeness (QED) is 0.335. The van der Waals surface area contributed by atoms with Crippen LogP contribution in [0, 0.1) is 11.6 Å². The van der Waals surface area contributed by atoms with Crippen LogP contribution in [-0.4, -0.2) is 55.5 Å². The van der Waals surface area contributed by atoms with Gasteiger partial charge >= 0.3 is 10.2 Å². The van der Waals surface area contributed by atoms with Crippen LogP contribution in [0.25, 0.3) is 5.52 Å². The average molecular weight is 478 g/mol. The smallest absolute Gasteiger partial charge is 0.325 e. The number of fused-ring (bicyclic) bond motifs is 1. The van der Waals surface area contributed by atoms with E-state index in [1.54, 1.807) is 18.2 Å². The van der Waals surface area contributed by atoms with Gasteiger partial charge in [0.15, 0.2) is 0 Å². The molecule has 1 N–H and O–H groups in total. The third-order valence-electron chi connectivity index (χ3n) is 5.67. The highest BCUT2D eigenvalue weighted by Gasteiger charge is 2.37. The van der Waals surface area contributed by atoms with E-state index in [0.717, 1.165) is 16.3 Å². The van der Waals surface area contributed by atoms with Crippen molar-refractivity contribution in [3.63, 3.8) is 0 Å². The molecule has 12 heteroatoms. The number of anilines is 1. The summed E-state index contributed by atoms with van der Waals surface area (Å²) in [5.74, 6) is -2.14. The number of nitrogens with zero attached hydrogens (tertiary/aromatic N) is 5. The summed E-state index contributed by atoms with van der Waals surface area (Å²) in [6.45, 7) is 3.71. The molecule has 0 bridgehead atoms. The summed E-state index contributed by atoms with van der Waals surface area (Å²) in [6, 6.07) is 7.51. The Morgan fingerprint density at radius 3 is 2.73 bits per heavy atom. The molecule has 1 atom stereocenters. The molecule has 1 aromatic carbocycles. The molecule has 0 unspecified atom stereocenters. The number of pyridine rings is 1. The van der Waals surface area contributed by atoms with Crippen molar-refractivity contribution in [3.05, 3.63) is 65.5 Å². The number of rotatable bonds is 6. The number of amides is 1. The van der Waals surface area contributed by atoms with Gasteiger partial charge in [-0.05, 0) is 30.5 Å². The number of aromatic nitrogens is 2. The minimum Gasteiger partial charge on any atom is -0.362 e. The molecule has 1 aliphatic rings. The van der Waals surface area contributed by atoms with Gasteiger partial charge in [-0.3, -0.25) is 4.79 Å². The SMILES string of the molecule is C=NN(C(=O)c1c[nH][n+]2ccc(N3CCC[C@@H]3c3cccc(F)c3)c(F)c12)S(=O)(=O)N(C)C. The normalized spacial score (nSPS) is 16.5. The Labute approximate surface area is 189 Å². The maximum atomic E-state index is 15.8. The topological polar surface area (TPSA) is 93.2 Å². The van der Waals surface area contributed by atoms with E-state index in [9.17, 15) is 17.6 Å². The van der Waals surface area contributed by atoms with Crippen molar-refractivity contribution in [1.82, 2.24) is 13.8 Å². The largest absolute Gasteiger partial charge is 0.362 e. The zero-order valence-electron chi connectivity index (χ0n) is 18.1. The van der Waals surface area contributed by atoms with Crippen LogP contribution in [0.4, 0.5) is 14.5 Å². The summed E-state index contributed by atoms with van der Waals surface area (Å²) in [4.78, 5) is 14.9. The Hall–Kier alpha value is -3.38. The number of benzene rings is 1. The average Bonchev–Trinajstić information content (AvgIpc) is 3.42. The maximum Gasteiger partial charge on any atom is 0.325 e. The fourth-order valence-corrected chi connectivity index (χ4v) is 4.84. The third kappa shape index (κ3) is 3.85. The molecule has 1 amide bonds. The number of carbonyl (C=O) groups excluding carboxylic acids is 1. The van der Waals surface area contributed by atoms with E-state index in [-0.39, 0.29) is 33.0 Å². The number of carbonyl (C=O) groups is 1. The summed E-state index contributed by atoms with van der Waals surface area (Å²) in [5.41, 5.74) is 0.590. The maximum absolute atomic E-state index is 15.8. The van der Waals surface area contributed by atoms with E-state index >= 15 is 4.39 Å². The molecule has 1 fully saturated rings. The Balaban J connectivity index is 1.79. The summed E-state index contributed by atoms with van der Waals surface area (Å²) < 4.78 is 56.9. The van der Waals surface area contributed by atoms with Crippen molar-refractivity contribution < 1.29 is 26.5 Å². The molecule has 2 aromatic heterocycles. The number of hydrazone groups is 1. The van der Waals surface area contributed by atoms with Crippen LogP contribution < -0.4 is 9.42 Å². The molecule has 0 spiro atoms. The number of aromatic amines is 1. The highest BCUT2D eigenvalue weighted by atomic mass is 32.2. The summed E-state index contributed by atoms with van der Waals surface area (Å²) in [5, 5.41) is 6.07. The van der Waals surface area contributed by atoms with Gasteiger partial charge in [0.1, 0.15) is 11.4 Å². The summed E-state index contributed by atoms with van der Waals surface area (Å²) >= 11 is 0. The lowest BCUT2D eigenvalue weighted by molar-refractivity contribution is -0.577. The predicted molar refractivity (Wildman–Crippen MR) is 118 cm³/mol. The van der Waals surface area contributed by atoms with Crippen molar-refractivity contribution in [1.29, 1.82) is 0 Å². The summed E-state index contributed by atoms with van der Waals surface area (Å²) in [7, 11) is -1.80. The molecule has 3 aromatic rings. The molecule has 1 saturated heterocycles. The molecule has 1 aliphatic heterocycles. The lowest BCUT2D eigenvalue weighted by atomic mass is 10.0. The first-order valence-corrected chi connectivity index (χ1v) is 11.5. The Kier molecular flexibility index (Phi) is 5.89. The van der Waals surface area contributed by atoms with Crippen molar-refractivity contribution in [2.45, 2.75) is 18.9 Å². The minimum atomic E-state index is -4.27.